The number of ketones is 1. The summed E-state index contributed by atoms with van der Waals surface area (Å²) in [6.45, 7) is 12.3. The molecule has 1 heterocycles. The van der Waals surface area contributed by atoms with E-state index < -0.39 is 0 Å². The van der Waals surface area contributed by atoms with Gasteiger partial charge in [-0.15, -0.1) is 10.2 Å². The Kier molecular flexibility index (Phi) is 13.4. The van der Waals surface area contributed by atoms with E-state index in [1.165, 1.54) is 0 Å². The Balaban J connectivity index is 1.92. The predicted molar refractivity (Wildman–Crippen MR) is 108 cm³/mol. The van der Waals surface area contributed by atoms with Gasteiger partial charge in [-0.25, -0.2) is 0 Å². The van der Waals surface area contributed by atoms with Gasteiger partial charge < -0.3 is 24.3 Å². The Bertz CT molecular complexity index is 525. The first-order valence-corrected chi connectivity index (χ1v) is 10.0. The first-order chi connectivity index (χ1) is 13.5. The molecule has 28 heavy (non-hydrogen) atoms. The van der Waals surface area contributed by atoms with Gasteiger partial charge in [-0.1, -0.05) is 20.8 Å². The summed E-state index contributed by atoms with van der Waals surface area (Å²) in [5.74, 6) is 0.528. The molecule has 8 heteroatoms. The van der Waals surface area contributed by atoms with Crippen molar-refractivity contribution >= 4 is 11.6 Å². The minimum Gasteiger partial charge on any atom is -0.377 e. The molecule has 160 valence electrons. The summed E-state index contributed by atoms with van der Waals surface area (Å²) in [6, 6.07) is 3.44. The summed E-state index contributed by atoms with van der Waals surface area (Å²) in [4.78, 5) is 11.8. The van der Waals surface area contributed by atoms with Crippen LogP contribution in [0.3, 0.4) is 0 Å². The van der Waals surface area contributed by atoms with Gasteiger partial charge in [-0.05, 0) is 25.5 Å². The van der Waals surface area contributed by atoms with E-state index in [2.05, 4.69) is 29.4 Å². The normalized spacial score (nSPS) is 12.3. The first kappa shape index (κ1) is 24.4. The van der Waals surface area contributed by atoms with Gasteiger partial charge in [0.1, 0.15) is 11.5 Å². The molecule has 0 bridgehead atoms. The number of carbonyl (C=O) groups excluding carboxylic acids is 1. The average Bonchev–Trinajstić information content (AvgIpc) is 2.71. The van der Waals surface area contributed by atoms with Crippen molar-refractivity contribution in [1.82, 2.24) is 10.2 Å². The van der Waals surface area contributed by atoms with E-state index in [1.807, 2.05) is 13.8 Å². The van der Waals surface area contributed by atoms with Crippen molar-refractivity contribution in [2.24, 2.45) is 5.92 Å². The summed E-state index contributed by atoms with van der Waals surface area (Å²) in [5, 5.41) is 11.0. The quantitative estimate of drug-likeness (QED) is 0.317. The fourth-order valence-corrected chi connectivity index (χ4v) is 2.07. The van der Waals surface area contributed by atoms with E-state index in [0.717, 1.165) is 6.42 Å². The molecule has 0 aliphatic rings. The lowest BCUT2D eigenvalue weighted by molar-refractivity contribution is -0.0149. The number of nitrogens with zero attached hydrogens (tertiary/aromatic N) is 2. The Morgan fingerprint density at radius 2 is 1.54 bits per heavy atom. The molecule has 0 aromatic carbocycles. The van der Waals surface area contributed by atoms with Crippen molar-refractivity contribution in [1.29, 1.82) is 0 Å². The summed E-state index contributed by atoms with van der Waals surface area (Å²) < 4.78 is 21.9. The number of ether oxygens (including phenoxy) is 4. The van der Waals surface area contributed by atoms with Crippen LogP contribution in [0.25, 0.3) is 0 Å². The SMILES string of the molecule is CCC(C)OCCOCCOCCOCCNc1ccc(C(=O)C(C)C)nn1. The predicted octanol–water partition coefficient (Wildman–Crippen LogP) is 2.59. The highest BCUT2D eigenvalue weighted by Gasteiger charge is 2.12. The molecule has 1 aromatic rings. The standard InChI is InChI=1S/C20H35N3O5/c1-5-17(4)28-15-14-27-13-12-26-11-10-25-9-8-21-19-7-6-18(22-23-19)20(24)16(2)3/h6-7,16-17H,5,8-15H2,1-4H3,(H,21,23). The van der Waals surface area contributed by atoms with Gasteiger partial charge in [0.2, 0.25) is 0 Å². The first-order valence-electron chi connectivity index (χ1n) is 10.0. The van der Waals surface area contributed by atoms with Crippen molar-refractivity contribution in [3.05, 3.63) is 17.8 Å². The highest BCUT2D eigenvalue weighted by atomic mass is 16.6. The molecule has 0 aliphatic carbocycles. The Labute approximate surface area is 168 Å². The monoisotopic (exact) mass is 397 g/mol. The van der Waals surface area contributed by atoms with Crippen molar-refractivity contribution in [3.8, 4) is 0 Å². The molecule has 0 amide bonds. The molecule has 0 saturated heterocycles. The van der Waals surface area contributed by atoms with Crippen LogP contribution in [0.1, 0.15) is 44.6 Å². The van der Waals surface area contributed by atoms with E-state index in [-0.39, 0.29) is 17.8 Å². The second kappa shape index (κ2) is 15.3. The molecular weight excluding hydrogens is 362 g/mol. The molecule has 0 saturated carbocycles. The van der Waals surface area contributed by atoms with Crippen molar-refractivity contribution < 1.29 is 23.7 Å². The average molecular weight is 398 g/mol. The lowest BCUT2D eigenvalue weighted by Gasteiger charge is -2.11. The molecule has 0 aliphatic heterocycles. The number of Topliss-reactive ketones (excluding diaryl/α,β-unsaturated/α-hetero) is 1. The van der Waals surface area contributed by atoms with E-state index in [9.17, 15) is 4.79 Å². The maximum Gasteiger partial charge on any atom is 0.185 e. The number of anilines is 1. The fourth-order valence-electron chi connectivity index (χ4n) is 2.07. The van der Waals surface area contributed by atoms with E-state index in [0.29, 0.717) is 64.3 Å². The van der Waals surface area contributed by atoms with Crippen LogP contribution in [0.2, 0.25) is 0 Å². The van der Waals surface area contributed by atoms with Crippen LogP contribution in [0.15, 0.2) is 12.1 Å². The summed E-state index contributed by atoms with van der Waals surface area (Å²) >= 11 is 0. The van der Waals surface area contributed by atoms with Gasteiger partial charge in [-0.3, -0.25) is 4.79 Å². The maximum atomic E-state index is 11.8. The van der Waals surface area contributed by atoms with Gasteiger partial charge in [0.15, 0.2) is 5.78 Å². The molecule has 1 aromatic heterocycles. The number of aromatic nitrogens is 2. The maximum absolute atomic E-state index is 11.8. The third-order valence-corrected chi connectivity index (χ3v) is 3.94. The fraction of sp³-hybridized carbons (Fsp3) is 0.750. The van der Waals surface area contributed by atoms with E-state index >= 15 is 0 Å². The Morgan fingerprint density at radius 1 is 0.929 bits per heavy atom. The number of carbonyl (C=O) groups is 1. The topological polar surface area (TPSA) is 91.8 Å². The van der Waals surface area contributed by atoms with Crippen LogP contribution in [-0.4, -0.2) is 74.9 Å². The lowest BCUT2D eigenvalue weighted by atomic mass is 10.1. The van der Waals surface area contributed by atoms with Crippen molar-refractivity contribution in [3.63, 3.8) is 0 Å². The molecule has 1 rings (SSSR count). The number of nitrogens with one attached hydrogen (secondary N) is 1. The number of hydrogen-bond acceptors (Lipinski definition) is 8. The molecule has 0 fully saturated rings. The van der Waals surface area contributed by atoms with Crippen LogP contribution < -0.4 is 5.32 Å². The molecule has 1 atom stereocenters. The molecule has 1 unspecified atom stereocenters. The van der Waals surface area contributed by atoms with Gasteiger partial charge in [0.25, 0.3) is 0 Å². The molecule has 0 spiro atoms. The zero-order chi connectivity index (χ0) is 20.6. The zero-order valence-electron chi connectivity index (χ0n) is 17.6. The van der Waals surface area contributed by atoms with E-state index in [4.69, 9.17) is 18.9 Å². The highest BCUT2D eigenvalue weighted by Crippen LogP contribution is 2.07. The largest absolute Gasteiger partial charge is 0.377 e. The summed E-state index contributed by atoms with van der Waals surface area (Å²) in [6.07, 6.45) is 1.30. The Hall–Kier alpha value is -1.61. The van der Waals surface area contributed by atoms with Gasteiger partial charge in [0, 0.05) is 12.5 Å². The van der Waals surface area contributed by atoms with Crippen molar-refractivity contribution in [2.45, 2.75) is 40.2 Å². The minimum absolute atomic E-state index is 0.00721. The van der Waals surface area contributed by atoms with Crippen LogP contribution >= 0.6 is 0 Å². The van der Waals surface area contributed by atoms with Crippen LogP contribution in [0, 0.1) is 5.92 Å². The minimum atomic E-state index is -0.0843. The molecule has 8 nitrogen and oxygen atoms in total. The summed E-state index contributed by atoms with van der Waals surface area (Å²) in [7, 11) is 0. The smallest absolute Gasteiger partial charge is 0.185 e. The molecular formula is C20H35N3O5. The zero-order valence-corrected chi connectivity index (χ0v) is 17.6. The second-order valence-corrected chi connectivity index (χ2v) is 6.68. The van der Waals surface area contributed by atoms with Crippen molar-refractivity contribution in [2.75, 3.05) is 58.1 Å². The third kappa shape index (κ3) is 11.3. The van der Waals surface area contributed by atoms with Crippen LogP contribution in [0.4, 0.5) is 5.82 Å². The van der Waals surface area contributed by atoms with Gasteiger partial charge >= 0.3 is 0 Å². The number of hydrogen-bond donors (Lipinski definition) is 1. The lowest BCUT2D eigenvalue weighted by Crippen LogP contribution is -2.16. The van der Waals surface area contributed by atoms with Crippen LogP contribution in [0.5, 0.6) is 0 Å². The van der Waals surface area contributed by atoms with Gasteiger partial charge in [0.05, 0.1) is 52.4 Å². The third-order valence-electron chi connectivity index (χ3n) is 3.94. The van der Waals surface area contributed by atoms with E-state index in [1.54, 1.807) is 12.1 Å². The van der Waals surface area contributed by atoms with Crippen LogP contribution in [-0.2, 0) is 18.9 Å². The highest BCUT2D eigenvalue weighted by molar-refractivity contribution is 5.95. The molecule has 0 radical (unpaired) electrons. The molecule has 1 N–H and O–H groups in total. The van der Waals surface area contributed by atoms with Gasteiger partial charge in [-0.2, -0.15) is 0 Å². The summed E-state index contributed by atoms with van der Waals surface area (Å²) in [5.41, 5.74) is 0.390. The second-order valence-electron chi connectivity index (χ2n) is 6.68. The Morgan fingerprint density at radius 3 is 2.07 bits per heavy atom. The number of rotatable bonds is 17.